The zero-order chi connectivity index (χ0) is 13.9. The Labute approximate surface area is 123 Å². The first-order valence-corrected chi connectivity index (χ1v) is 7.98. The van der Waals surface area contributed by atoms with Crippen molar-refractivity contribution >= 4 is 22.2 Å². The van der Waals surface area contributed by atoms with Crippen LogP contribution in [0.4, 0.5) is 10.8 Å². The summed E-state index contributed by atoms with van der Waals surface area (Å²) in [6.45, 7) is 7.09. The highest BCUT2D eigenvalue weighted by Gasteiger charge is 2.18. The third-order valence-electron chi connectivity index (χ3n) is 3.57. The standard InChI is InChI=1S/C15H20N4S/c1-3-16-15-18-17-14(20-15)10-19-8-4-5-12-9-11(2)6-7-13(12)19/h6-7,9H,3-5,8,10H2,1-2H3,(H,16,18). The van der Waals surface area contributed by atoms with Crippen molar-refractivity contribution in [2.75, 3.05) is 23.3 Å². The van der Waals surface area contributed by atoms with Crippen LogP contribution in [-0.4, -0.2) is 23.3 Å². The predicted molar refractivity (Wildman–Crippen MR) is 84.6 cm³/mol. The fraction of sp³-hybridized carbons (Fsp3) is 0.467. The molecule has 0 radical (unpaired) electrons. The Morgan fingerprint density at radius 2 is 2.25 bits per heavy atom. The molecule has 3 rings (SSSR count). The van der Waals surface area contributed by atoms with E-state index in [0.29, 0.717) is 0 Å². The molecule has 4 nitrogen and oxygen atoms in total. The van der Waals surface area contributed by atoms with E-state index < -0.39 is 0 Å². The summed E-state index contributed by atoms with van der Waals surface area (Å²) in [4.78, 5) is 2.43. The number of anilines is 2. The molecular weight excluding hydrogens is 268 g/mol. The first-order valence-electron chi connectivity index (χ1n) is 7.17. The number of hydrogen-bond donors (Lipinski definition) is 1. The van der Waals surface area contributed by atoms with E-state index in [0.717, 1.165) is 29.8 Å². The quantitative estimate of drug-likeness (QED) is 0.938. The van der Waals surface area contributed by atoms with Gasteiger partial charge in [0, 0.05) is 18.8 Å². The maximum Gasteiger partial charge on any atom is 0.205 e. The number of benzene rings is 1. The Morgan fingerprint density at radius 1 is 1.35 bits per heavy atom. The first-order chi connectivity index (χ1) is 9.76. The SMILES string of the molecule is CCNc1nnc(CN2CCCc3cc(C)ccc32)s1. The lowest BCUT2D eigenvalue weighted by atomic mass is 10.00. The minimum Gasteiger partial charge on any atom is -0.364 e. The summed E-state index contributed by atoms with van der Waals surface area (Å²) in [7, 11) is 0. The van der Waals surface area contributed by atoms with Crippen molar-refractivity contribution in [2.45, 2.75) is 33.2 Å². The van der Waals surface area contributed by atoms with Crippen molar-refractivity contribution in [1.82, 2.24) is 10.2 Å². The molecule has 0 fully saturated rings. The molecule has 0 saturated heterocycles. The molecular formula is C15H20N4S. The minimum atomic E-state index is 0.860. The molecule has 1 aliphatic rings. The average Bonchev–Trinajstić information content (AvgIpc) is 2.86. The second-order valence-corrected chi connectivity index (χ2v) is 6.25. The van der Waals surface area contributed by atoms with E-state index in [1.165, 1.54) is 29.7 Å². The maximum absolute atomic E-state index is 4.28. The number of fused-ring (bicyclic) bond motifs is 1. The Hall–Kier alpha value is -1.62. The van der Waals surface area contributed by atoms with Gasteiger partial charge in [0.1, 0.15) is 5.01 Å². The largest absolute Gasteiger partial charge is 0.364 e. The molecule has 2 heterocycles. The van der Waals surface area contributed by atoms with Gasteiger partial charge in [0.2, 0.25) is 5.13 Å². The monoisotopic (exact) mass is 288 g/mol. The summed E-state index contributed by atoms with van der Waals surface area (Å²) in [5.74, 6) is 0. The predicted octanol–water partition coefficient (Wildman–Crippen LogP) is 3.23. The highest BCUT2D eigenvalue weighted by Crippen LogP contribution is 2.30. The normalized spacial score (nSPS) is 14.2. The van der Waals surface area contributed by atoms with Crippen LogP contribution in [0.1, 0.15) is 29.5 Å². The van der Waals surface area contributed by atoms with Crippen molar-refractivity contribution in [1.29, 1.82) is 0 Å². The van der Waals surface area contributed by atoms with Gasteiger partial charge in [-0.25, -0.2) is 0 Å². The zero-order valence-corrected chi connectivity index (χ0v) is 12.8. The smallest absolute Gasteiger partial charge is 0.205 e. The van der Waals surface area contributed by atoms with Gasteiger partial charge in [-0.2, -0.15) is 0 Å². The molecule has 0 bridgehead atoms. The number of rotatable bonds is 4. The lowest BCUT2D eigenvalue weighted by Crippen LogP contribution is -2.28. The van der Waals surface area contributed by atoms with Gasteiger partial charge in [-0.1, -0.05) is 29.0 Å². The minimum absolute atomic E-state index is 0.860. The second kappa shape index (κ2) is 5.79. The van der Waals surface area contributed by atoms with E-state index >= 15 is 0 Å². The van der Waals surface area contributed by atoms with Crippen LogP contribution in [0.25, 0.3) is 0 Å². The maximum atomic E-state index is 4.28. The molecule has 1 aliphatic heterocycles. The van der Waals surface area contributed by atoms with Crippen molar-refractivity contribution in [3.63, 3.8) is 0 Å². The summed E-state index contributed by atoms with van der Waals surface area (Å²) in [6.07, 6.45) is 2.40. The van der Waals surface area contributed by atoms with Gasteiger partial charge in [0.25, 0.3) is 0 Å². The van der Waals surface area contributed by atoms with Gasteiger partial charge in [-0.15, -0.1) is 10.2 Å². The van der Waals surface area contributed by atoms with Crippen LogP contribution in [-0.2, 0) is 13.0 Å². The van der Waals surface area contributed by atoms with E-state index in [4.69, 9.17) is 0 Å². The topological polar surface area (TPSA) is 41.1 Å². The van der Waals surface area contributed by atoms with Gasteiger partial charge < -0.3 is 10.2 Å². The molecule has 0 amide bonds. The Balaban J connectivity index is 1.78. The third-order valence-corrected chi connectivity index (χ3v) is 4.44. The summed E-state index contributed by atoms with van der Waals surface area (Å²) in [6, 6.07) is 6.75. The van der Waals surface area contributed by atoms with E-state index in [9.17, 15) is 0 Å². The molecule has 5 heteroatoms. The fourth-order valence-corrected chi connectivity index (χ4v) is 3.49. The first kappa shape index (κ1) is 13.4. The van der Waals surface area contributed by atoms with Crippen LogP contribution in [0.3, 0.4) is 0 Å². The molecule has 1 N–H and O–H groups in total. The van der Waals surface area contributed by atoms with Crippen LogP contribution in [0, 0.1) is 6.92 Å². The van der Waals surface area contributed by atoms with Crippen molar-refractivity contribution in [3.05, 3.63) is 34.3 Å². The van der Waals surface area contributed by atoms with Crippen molar-refractivity contribution in [3.8, 4) is 0 Å². The number of nitrogens with one attached hydrogen (secondary N) is 1. The van der Waals surface area contributed by atoms with E-state index in [2.05, 4.69) is 52.5 Å². The molecule has 0 spiro atoms. The van der Waals surface area contributed by atoms with E-state index in [-0.39, 0.29) is 0 Å². The number of aromatic nitrogens is 2. The Morgan fingerprint density at radius 3 is 3.10 bits per heavy atom. The zero-order valence-electron chi connectivity index (χ0n) is 12.0. The van der Waals surface area contributed by atoms with Gasteiger partial charge in [-0.3, -0.25) is 0 Å². The second-order valence-electron chi connectivity index (χ2n) is 5.19. The molecule has 0 aliphatic carbocycles. The van der Waals surface area contributed by atoms with Gasteiger partial charge in [0.15, 0.2) is 0 Å². The molecule has 106 valence electrons. The molecule has 1 aromatic heterocycles. The Bertz CT molecular complexity index is 593. The Kier molecular flexibility index (Phi) is 3.87. The van der Waals surface area contributed by atoms with Crippen LogP contribution in [0.5, 0.6) is 0 Å². The lowest BCUT2D eigenvalue weighted by molar-refractivity contribution is 0.686. The molecule has 1 aromatic carbocycles. The van der Waals surface area contributed by atoms with Crippen molar-refractivity contribution < 1.29 is 0 Å². The van der Waals surface area contributed by atoms with E-state index in [1.807, 2.05) is 0 Å². The molecule has 0 atom stereocenters. The van der Waals surface area contributed by atoms with Crippen molar-refractivity contribution in [2.24, 2.45) is 0 Å². The summed E-state index contributed by atoms with van der Waals surface area (Å²) in [5.41, 5.74) is 4.17. The van der Waals surface area contributed by atoms with Gasteiger partial charge >= 0.3 is 0 Å². The summed E-state index contributed by atoms with van der Waals surface area (Å²) < 4.78 is 0. The third kappa shape index (κ3) is 2.77. The number of aryl methyl sites for hydroxylation is 2. The lowest BCUT2D eigenvalue weighted by Gasteiger charge is -2.30. The summed E-state index contributed by atoms with van der Waals surface area (Å²) in [5, 5.41) is 13.7. The van der Waals surface area contributed by atoms with Crippen LogP contribution in [0.2, 0.25) is 0 Å². The van der Waals surface area contributed by atoms with Gasteiger partial charge in [0.05, 0.1) is 6.54 Å². The average molecular weight is 288 g/mol. The molecule has 20 heavy (non-hydrogen) atoms. The highest BCUT2D eigenvalue weighted by molar-refractivity contribution is 7.15. The molecule has 2 aromatic rings. The summed E-state index contributed by atoms with van der Waals surface area (Å²) >= 11 is 1.65. The van der Waals surface area contributed by atoms with Crippen LogP contribution in [0.15, 0.2) is 18.2 Å². The number of nitrogens with zero attached hydrogens (tertiary/aromatic N) is 3. The fourth-order valence-electron chi connectivity index (χ4n) is 2.67. The number of hydrogen-bond acceptors (Lipinski definition) is 5. The highest BCUT2D eigenvalue weighted by atomic mass is 32.1. The molecule has 0 unspecified atom stereocenters. The van der Waals surface area contributed by atoms with E-state index in [1.54, 1.807) is 11.3 Å². The molecule has 0 saturated carbocycles. The van der Waals surface area contributed by atoms with Crippen LogP contribution < -0.4 is 10.2 Å². The van der Waals surface area contributed by atoms with Gasteiger partial charge in [-0.05, 0) is 38.3 Å². The van der Waals surface area contributed by atoms with Crippen LogP contribution >= 0.6 is 11.3 Å².